The molecule has 0 bridgehead atoms. The van der Waals surface area contributed by atoms with E-state index in [1.807, 2.05) is 7.11 Å². The minimum atomic E-state index is 0.446. The summed E-state index contributed by atoms with van der Waals surface area (Å²) >= 11 is 0. The minimum absolute atomic E-state index is 0.446. The van der Waals surface area contributed by atoms with Gasteiger partial charge in [-0.25, -0.2) is 0 Å². The molecule has 24 heavy (non-hydrogen) atoms. The predicted molar refractivity (Wildman–Crippen MR) is 100 cm³/mol. The van der Waals surface area contributed by atoms with Crippen molar-refractivity contribution in [1.29, 1.82) is 0 Å². The molecule has 1 aliphatic rings. The fourth-order valence-electron chi connectivity index (χ4n) is 3.53. The quantitative estimate of drug-likeness (QED) is 0.734. The number of benzene rings is 2. The van der Waals surface area contributed by atoms with Crippen LogP contribution >= 0.6 is 0 Å². The summed E-state index contributed by atoms with van der Waals surface area (Å²) in [6.07, 6.45) is 2.62. The molecule has 128 valence electrons. The molecular weight excluding hydrogens is 296 g/mol. The van der Waals surface area contributed by atoms with Crippen molar-refractivity contribution in [2.24, 2.45) is 0 Å². The molecule has 2 aromatic rings. The molecule has 3 rings (SSSR count). The number of ether oxygens (including phenoxy) is 1. The van der Waals surface area contributed by atoms with Gasteiger partial charge in [0.1, 0.15) is 0 Å². The predicted octanol–water partition coefficient (Wildman–Crippen LogP) is 3.80. The van der Waals surface area contributed by atoms with Gasteiger partial charge in [0.2, 0.25) is 0 Å². The van der Waals surface area contributed by atoms with Gasteiger partial charge in [0.15, 0.2) is 0 Å². The van der Waals surface area contributed by atoms with Crippen LogP contribution in [-0.2, 0) is 11.3 Å². The second kappa shape index (κ2) is 8.86. The summed E-state index contributed by atoms with van der Waals surface area (Å²) in [5.41, 5.74) is 2.63. The molecule has 0 aliphatic carbocycles. The average molecular weight is 324 g/mol. The Morgan fingerprint density at radius 3 is 2.21 bits per heavy atom. The highest BCUT2D eigenvalue weighted by molar-refractivity contribution is 5.47. The molecule has 1 unspecified atom stereocenters. The molecule has 1 atom stereocenters. The Morgan fingerprint density at radius 2 is 1.58 bits per heavy atom. The summed E-state index contributed by atoms with van der Waals surface area (Å²) in [5.74, 6) is 0. The van der Waals surface area contributed by atoms with Crippen LogP contribution < -0.4 is 4.90 Å². The fourth-order valence-corrected chi connectivity index (χ4v) is 3.53. The van der Waals surface area contributed by atoms with Crippen molar-refractivity contribution in [3.8, 4) is 0 Å². The number of hydrogen-bond donors (Lipinski definition) is 0. The van der Waals surface area contributed by atoms with Crippen molar-refractivity contribution < 1.29 is 4.74 Å². The van der Waals surface area contributed by atoms with Gasteiger partial charge < -0.3 is 9.64 Å². The van der Waals surface area contributed by atoms with E-state index in [2.05, 4.69) is 70.5 Å². The van der Waals surface area contributed by atoms with Gasteiger partial charge in [0.05, 0.1) is 12.6 Å². The van der Waals surface area contributed by atoms with E-state index in [9.17, 15) is 0 Å². The SMILES string of the molecule is COCC(CN(Cc1ccccc1)c1ccccc1)N1CCCC1. The molecule has 0 saturated carbocycles. The lowest BCUT2D eigenvalue weighted by atomic mass is 10.1. The van der Waals surface area contributed by atoms with Gasteiger partial charge in [-0.1, -0.05) is 48.5 Å². The van der Waals surface area contributed by atoms with Crippen LogP contribution in [0.3, 0.4) is 0 Å². The van der Waals surface area contributed by atoms with Crippen molar-refractivity contribution >= 4 is 5.69 Å². The third-order valence-corrected chi connectivity index (χ3v) is 4.78. The van der Waals surface area contributed by atoms with Crippen LogP contribution in [-0.4, -0.2) is 44.3 Å². The zero-order valence-corrected chi connectivity index (χ0v) is 14.6. The van der Waals surface area contributed by atoms with E-state index in [4.69, 9.17) is 4.74 Å². The number of para-hydroxylation sites is 1. The third-order valence-electron chi connectivity index (χ3n) is 4.78. The topological polar surface area (TPSA) is 15.7 Å². The summed E-state index contributed by atoms with van der Waals surface area (Å²) in [4.78, 5) is 5.07. The van der Waals surface area contributed by atoms with E-state index in [0.717, 1.165) is 19.7 Å². The highest BCUT2D eigenvalue weighted by Crippen LogP contribution is 2.20. The first-order valence-electron chi connectivity index (χ1n) is 8.94. The summed E-state index contributed by atoms with van der Waals surface area (Å²) in [6.45, 7) is 5.10. The summed E-state index contributed by atoms with van der Waals surface area (Å²) < 4.78 is 5.54. The van der Waals surface area contributed by atoms with Crippen LogP contribution in [0, 0.1) is 0 Å². The second-order valence-corrected chi connectivity index (χ2v) is 6.55. The maximum Gasteiger partial charge on any atom is 0.0635 e. The fraction of sp³-hybridized carbons (Fsp3) is 0.429. The van der Waals surface area contributed by atoms with E-state index >= 15 is 0 Å². The Labute approximate surface area is 145 Å². The number of nitrogens with zero attached hydrogens (tertiary/aromatic N) is 2. The number of likely N-dealkylation sites (tertiary alicyclic amines) is 1. The number of hydrogen-bond acceptors (Lipinski definition) is 3. The molecule has 2 aromatic carbocycles. The lowest BCUT2D eigenvalue weighted by Crippen LogP contribution is -2.45. The third kappa shape index (κ3) is 4.59. The smallest absolute Gasteiger partial charge is 0.0635 e. The van der Waals surface area contributed by atoms with Crippen LogP contribution in [0.25, 0.3) is 0 Å². The van der Waals surface area contributed by atoms with Crippen molar-refractivity contribution in [2.45, 2.75) is 25.4 Å². The maximum atomic E-state index is 5.54. The summed E-state index contributed by atoms with van der Waals surface area (Å²) in [5, 5.41) is 0. The van der Waals surface area contributed by atoms with Crippen LogP contribution in [0.15, 0.2) is 60.7 Å². The summed E-state index contributed by atoms with van der Waals surface area (Å²) in [6, 6.07) is 21.9. The normalized spacial score (nSPS) is 16.2. The first kappa shape index (κ1) is 17.0. The van der Waals surface area contributed by atoms with Gasteiger partial charge >= 0.3 is 0 Å². The molecule has 1 aliphatic heterocycles. The van der Waals surface area contributed by atoms with E-state index in [1.165, 1.54) is 37.2 Å². The molecule has 3 heteroatoms. The van der Waals surface area contributed by atoms with Gasteiger partial charge in [-0.05, 0) is 43.6 Å². The number of rotatable bonds is 8. The average Bonchev–Trinajstić information content (AvgIpc) is 3.17. The molecule has 0 radical (unpaired) electrons. The molecule has 0 aromatic heterocycles. The van der Waals surface area contributed by atoms with E-state index in [1.54, 1.807) is 0 Å². The highest BCUT2D eigenvalue weighted by Gasteiger charge is 2.24. The van der Waals surface area contributed by atoms with E-state index in [0.29, 0.717) is 6.04 Å². The zero-order chi connectivity index (χ0) is 16.6. The Bertz CT molecular complexity index is 581. The Morgan fingerprint density at radius 1 is 0.958 bits per heavy atom. The highest BCUT2D eigenvalue weighted by atomic mass is 16.5. The van der Waals surface area contributed by atoms with Gasteiger partial charge in [-0.3, -0.25) is 4.90 Å². The monoisotopic (exact) mass is 324 g/mol. The van der Waals surface area contributed by atoms with Gasteiger partial charge in [-0.2, -0.15) is 0 Å². The summed E-state index contributed by atoms with van der Waals surface area (Å²) in [7, 11) is 1.81. The van der Waals surface area contributed by atoms with E-state index in [-0.39, 0.29) is 0 Å². The lowest BCUT2D eigenvalue weighted by Gasteiger charge is -2.34. The largest absolute Gasteiger partial charge is 0.383 e. The Hall–Kier alpha value is -1.84. The van der Waals surface area contributed by atoms with Crippen LogP contribution in [0.5, 0.6) is 0 Å². The van der Waals surface area contributed by atoms with Crippen molar-refractivity contribution in [3.63, 3.8) is 0 Å². The zero-order valence-electron chi connectivity index (χ0n) is 14.6. The van der Waals surface area contributed by atoms with Gasteiger partial charge in [-0.15, -0.1) is 0 Å². The second-order valence-electron chi connectivity index (χ2n) is 6.55. The minimum Gasteiger partial charge on any atom is -0.383 e. The standard InChI is InChI=1S/C21H28N2O/c1-24-18-21(22-14-8-9-15-22)17-23(20-12-6-3-7-13-20)16-19-10-4-2-5-11-19/h2-7,10-13,21H,8-9,14-18H2,1H3. The van der Waals surface area contributed by atoms with Crippen molar-refractivity contribution in [3.05, 3.63) is 66.2 Å². The molecule has 1 heterocycles. The first-order valence-corrected chi connectivity index (χ1v) is 8.94. The van der Waals surface area contributed by atoms with Crippen LogP contribution in [0.4, 0.5) is 5.69 Å². The van der Waals surface area contributed by atoms with Crippen molar-refractivity contribution in [2.75, 3.05) is 38.3 Å². The van der Waals surface area contributed by atoms with Crippen LogP contribution in [0.2, 0.25) is 0 Å². The first-order chi connectivity index (χ1) is 11.9. The number of methoxy groups -OCH3 is 1. The van der Waals surface area contributed by atoms with Gasteiger partial charge in [0.25, 0.3) is 0 Å². The molecule has 1 fully saturated rings. The molecule has 0 spiro atoms. The van der Waals surface area contributed by atoms with Crippen LogP contribution in [0.1, 0.15) is 18.4 Å². The molecule has 3 nitrogen and oxygen atoms in total. The molecule has 0 amide bonds. The Balaban J connectivity index is 1.77. The Kier molecular flexibility index (Phi) is 6.27. The molecule has 1 saturated heterocycles. The van der Waals surface area contributed by atoms with Gasteiger partial charge in [0, 0.05) is 25.9 Å². The van der Waals surface area contributed by atoms with Crippen molar-refractivity contribution in [1.82, 2.24) is 4.90 Å². The number of anilines is 1. The molecular formula is C21H28N2O. The maximum absolute atomic E-state index is 5.54. The lowest BCUT2D eigenvalue weighted by molar-refractivity contribution is 0.108. The molecule has 0 N–H and O–H groups in total. The van der Waals surface area contributed by atoms with E-state index < -0.39 is 0 Å².